The van der Waals surface area contributed by atoms with Crippen molar-refractivity contribution in [2.45, 2.75) is 19.1 Å². The molecule has 0 bridgehead atoms. The summed E-state index contributed by atoms with van der Waals surface area (Å²) in [5, 5.41) is 0. The first-order valence-electron chi connectivity index (χ1n) is 4.09. The standard InChI is InChI=1S/C8H7F5N2O/c9-7(10)6-3(2-14)4(16)1-5(15-6)8(11,12)13/h1,7H,2,14H2,(H,15,16). The maximum atomic E-state index is 12.4. The number of aromatic nitrogens is 1. The normalized spacial score (nSPS) is 12.2. The monoisotopic (exact) mass is 242 g/mol. The Morgan fingerprint density at radius 2 is 1.94 bits per heavy atom. The van der Waals surface area contributed by atoms with Crippen molar-refractivity contribution in [3.63, 3.8) is 0 Å². The van der Waals surface area contributed by atoms with Crippen molar-refractivity contribution in [3.05, 3.63) is 33.2 Å². The van der Waals surface area contributed by atoms with Crippen molar-refractivity contribution in [2.24, 2.45) is 5.73 Å². The number of H-pyrrole nitrogens is 1. The van der Waals surface area contributed by atoms with Crippen LogP contribution in [-0.2, 0) is 12.7 Å². The molecule has 1 rings (SSSR count). The lowest BCUT2D eigenvalue weighted by atomic mass is 10.1. The Balaban J connectivity index is 3.46. The zero-order valence-electron chi connectivity index (χ0n) is 7.74. The summed E-state index contributed by atoms with van der Waals surface area (Å²) in [5.74, 6) is 0. The van der Waals surface area contributed by atoms with Crippen LogP contribution in [0.5, 0.6) is 0 Å². The molecule has 0 aromatic carbocycles. The van der Waals surface area contributed by atoms with Crippen LogP contribution in [0.2, 0.25) is 0 Å². The molecule has 0 atom stereocenters. The van der Waals surface area contributed by atoms with E-state index in [0.29, 0.717) is 0 Å². The molecule has 0 amide bonds. The van der Waals surface area contributed by atoms with Crippen molar-refractivity contribution >= 4 is 0 Å². The van der Waals surface area contributed by atoms with E-state index >= 15 is 0 Å². The van der Waals surface area contributed by atoms with E-state index in [1.54, 1.807) is 0 Å². The first kappa shape index (κ1) is 12.6. The second kappa shape index (κ2) is 4.20. The van der Waals surface area contributed by atoms with E-state index in [-0.39, 0.29) is 6.07 Å². The van der Waals surface area contributed by atoms with E-state index in [4.69, 9.17) is 5.73 Å². The maximum Gasteiger partial charge on any atom is 0.431 e. The van der Waals surface area contributed by atoms with Crippen LogP contribution in [0.1, 0.15) is 23.4 Å². The van der Waals surface area contributed by atoms with Crippen LogP contribution in [0.4, 0.5) is 22.0 Å². The second-order valence-corrected chi connectivity index (χ2v) is 2.94. The van der Waals surface area contributed by atoms with Gasteiger partial charge in [-0.1, -0.05) is 0 Å². The minimum absolute atomic E-state index is 0.216. The first-order valence-corrected chi connectivity index (χ1v) is 4.09. The molecule has 0 aliphatic rings. The summed E-state index contributed by atoms with van der Waals surface area (Å²) in [6, 6.07) is 0.216. The van der Waals surface area contributed by atoms with Crippen LogP contribution >= 0.6 is 0 Å². The summed E-state index contributed by atoms with van der Waals surface area (Å²) < 4.78 is 61.3. The second-order valence-electron chi connectivity index (χ2n) is 2.94. The summed E-state index contributed by atoms with van der Waals surface area (Å²) in [6.07, 6.45) is -8.09. The SMILES string of the molecule is NCc1c(C(F)F)[nH]c(C(F)(F)F)cc1=O. The highest BCUT2D eigenvalue weighted by Gasteiger charge is 2.33. The van der Waals surface area contributed by atoms with Crippen LogP contribution in [0.25, 0.3) is 0 Å². The molecule has 3 nitrogen and oxygen atoms in total. The lowest BCUT2D eigenvalue weighted by Crippen LogP contribution is -2.22. The summed E-state index contributed by atoms with van der Waals surface area (Å²) in [5.41, 5.74) is 0.735. The fourth-order valence-electron chi connectivity index (χ4n) is 1.16. The van der Waals surface area contributed by atoms with Crippen LogP contribution in [0.15, 0.2) is 10.9 Å². The summed E-state index contributed by atoms with van der Waals surface area (Å²) >= 11 is 0. The Labute approximate surface area is 86.1 Å². The highest BCUT2D eigenvalue weighted by molar-refractivity contribution is 5.25. The lowest BCUT2D eigenvalue weighted by molar-refractivity contribution is -0.141. The number of nitrogens with one attached hydrogen (secondary N) is 1. The number of hydrogen-bond acceptors (Lipinski definition) is 2. The van der Waals surface area contributed by atoms with E-state index in [0.717, 1.165) is 0 Å². The topological polar surface area (TPSA) is 58.9 Å². The third-order valence-corrected chi connectivity index (χ3v) is 1.90. The third-order valence-electron chi connectivity index (χ3n) is 1.90. The number of pyridine rings is 1. The van der Waals surface area contributed by atoms with E-state index in [1.807, 2.05) is 0 Å². The molecular weight excluding hydrogens is 235 g/mol. The van der Waals surface area contributed by atoms with Gasteiger partial charge in [-0.15, -0.1) is 0 Å². The summed E-state index contributed by atoms with van der Waals surface area (Å²) in [4.78, 5) is 12.6. The van der Waals surface area contributed by atoms with E-state index in [2.05, 4.69) is 0 Å². The molecule has 0 radical (unpaired) electrons. The summed E-state index contributed by atoms with van der Waals surface area (Å²) in [6.45, 7) is -0.548. The van der Waals surface area contributed by atoms with Gasteiger partial charge in [0.1, 0.15) is 5.69 Å². The van der Waals surface area contributed by atoms with Gasteiger partial charge in [-0.05, 0) is 0 Å². The fraction of sp³-hybridized carbons (Fsp3) is 0.375. The molecular formula is C8H7F5N2O. The quantitative estimate of drug-likeness (QED) is 0.777. The Morgan fingerprint density at radius 3 is 2.31 bits per heavy atom. The Hall–Kier alpha value is -1.44. The molecule has 16 heavy (non-hydrogen) atoms. The van der Waals surface area contributed by atoms with E-state index in [9.17, 15) is 26.7 Å². The molecule has 90 valence electrons. The zero-order chi connectivity index (χ0) is 12.5. The first-order chi connectivity index (χ1) is 7.27. The molecule has 0 aliphatic heterocycles. The Kier molecular flexibility index (Phi) is 3.32. The van der Waals surface area contributed by atoms with Gasteiger partial charge in [0.05, 0.1) is 5.69 Å². The molecule has 1 aromatic heterocycles. The van der Waals surface area contributed by atoms with E-state index < -0.39 is 41.5 Å². The number of halogens is 5. The minimum Gasteiger partial charge on any atom is -0.350 e. The van der Waals surface area contributed by atoms with Gasteiger partial charge < -0.3 is 10.7 Å². The average Bonchev–Trinajstić information content (AvgIpc) is 2.14. The van der Waals surface area contributed by atoms with Crippen LogP contribution in [-0.4, -0.2) is 4.98 Å². The fourth-order valence-corrected chi connectivity index (χ4v) is 1.16. The third kappa shape index (κ3) is 2.38. The van der Waals surface area contributed by atoms with Crippen LogP contribution in [0.3, 0.4) is 0 Å². The minimum atomic E-state index is -4.88. The van der Waals surface area contributed by atoms with Gasteiger partial charge in [-0.3, -0.25) is 4.79 Å². The average molecular weight is 242 g/mol. The molecule has 0 saturated heterocycles. The van der Waals surface area contributed by atoms with Crippen molar-refractivity contribution < 1.29 is 22.0 Å². The molecule has 0 fully saturated rings. The van der Waals surface area contributed by atoms with Gasteiger partial charge in [0.15, 0.2) is 5.43 Å². The zero-order valence-corrected chi connectivity index (χ0v) is 7.74. The lowest BCUT2D eigenvalue weighted by Gasteiger charge is -2.11. The van der Waals surface area contributed by atoms with Crippen LogP contribution < -0.4 is 11.2 Å². The molecule has 1 heterocycles. The van der Waals surface area contributed by atoms with Gasteiger partial charge in [-0.2, -0.15) is 13.2 Å². The molecule has 0 saturated carbocycles. The van der Waals surface area contributed by atoms with Gasteiger partial charge in [0.2, 0.25) is 0 Å². The molecule has 0 aliphatic carbocycles. The van der Waals surface area contributed by atoms with Gasteiger partial charge in [0.25, 0.3) is 6.43 Å². The smallest absolute Gasteiger partial charge is 0.350 e. The van der Waals surface area contributed by atoms with Crippen molar-refractivity contribution in [2.75, 3.05) is 0 Å². The number of aromatic amines is 1. The van der Waals surface area contributed by atoms with Gasteiger partial charge >= 0.3 is 6.18 Å². The Morgan fingerprint density at radius 1 is 1.38 bits per heavy atom. The highest BCUT2D eigenvalue weighted by Crippen LogP contribution is 2.29. The number of rotatable bonds is 2. The molecule has 1 aromatic rings. The van der Waals surface area contributed by atoms with Crippen molar-refractivity contribution in [1.29, 1.82) is 0 Å². The number of alkyl halides is 5. The van der Waals surface area contributed by atoms with Gasteiger partial charge in [-0.25, -0.2) is 8.78 Å². The van der Waals surface area contributed by atoms with Gasteiger partial charge in [0, 0.05) is 18.2 Å². The maximum absolute atomic E-state index is 12.4. The largest absolute Gasteiger partial charge is 0.431 e. The van der Waals surface area contributed by atoms with Crippen molar-refractivity contribution in [1.82, 2.24) is 4.98 Å². The molecule has 0 spiro atoms. The predicted octanol–water partition coefficient (Wildman–Crippen LogP) is 1.79. The van der Waals surface area contributed by atoms with E-state index in [1.165, 1.54) is 4.98 Å². The molecule has 8 heteroatoms. The van der Waals surface area contributed by atoms with Crippen molar-refractivity contribution in [3.8, 4) is 0 Å². The number of nitrogens with two attached hydrogens (primary N) is 1. The number of hydrogen-bond donors (Lipinski definition) is 2. The molecule has 0 unspecified atom stereocenters. The van der Waals surface area contributed by atoms with Crippen LogP contribution in [0, 0.1) is 0 Å². The highest BCUT2D eigenvalue weighted by atomic mass is 19.4. The predicted molar refractivity (Wildman–Crippen MR) is 44.9 cm³/mol. The molecule has 3 N–H and O–H groups in total. The Bertz CT molecular complexity index is 437. The summed E-state index contributed by atoms with van der Waals surface area (Å²) in [7, 11) is 0.